The van der Waals surface area contributed by atoms with Crippen LogP contribution in [0.25, 0.3) is 32.8 Å². The molecule has 1 amide bonds. The third-order valence-corrected chi connectivity index (χ3v) is 9.22. The van der Waals surface area contributed by atoms with Crippen LogP contribution in [0.1, 0.15) is 19.3 Å². The number of carbonyl (C=O) groups excluding carboxylic acids is 1. The first-order valence-corrected chi connectivity index (χ1v) is 15.3. The summed E-state index contributed by atoms with van der Waals surface area (Å²) < 4.78 is 22.9. The second kappa shape index (κ2) is 12.6. The Labute approximate surface area is 265 Å². The van der Waals surface area contributed by atoms with Crippen molar-refractivity contribution < 1.29 is 13.9 Å². The minimum Gasteiger partial charge on any atom is -0.462 e. The van der Waals surface area contributed by atoms with E-state index in [1.807, 2.05) is 29.2 Å². The van der Waals surface area contributed by atoms with Crippen molar-refractivity contribution in [1.82, 2.24) is 19.8 Å². The van der Waals surface area contributed by atoms with Crippen molar-refractivity contribution in [3.05, 3.63) is 71.0 Å². The molecule has 8 nitrogen and oxygen atoms in total. The summed E-state index contributed by atoms with van der Waals surface area (Å²) in [5, 5.41) is 12.1. The van der Waals surface area contributed by atoms with Crippen molar-refractivity contribution in [2.24, 2.45) is 0 Å². The zero-order valence-corrected chi connectivity index (χ0v) is 25.8. The molecular weight excluding hydrogens is 602 g/mol. The van der Waals surface area contributed by atoms with Gasteiger partial charge in [-0.1, -0.05) is 60.1 Å². The Balaban J connectivity index is 1.49. The van der Waals surface area contributed by atoms with E-state index in [1.54, 1.807) is 23.1 Å². The van der Waals surface area contributed by atoms with Gasteiger partial charge < -0.3 is 19.4 Å². The number of hydrogen-bond acceptors (Lipinski definition) is 7. The predicted molar refractivity (Wildman–Crippen MR) is 172 cm³/mol. The van der Waals surface area contributed by atoms with Gasteiger partial charge in [0.2, 0.25) is 5.91 Å². The van der Waals surface area contributed by atoms with Gasteiger partial charge >= 0.3 is 6.01 Å². The highest BCUT2D eigenvalue weighted by atomic mass is 35.5. The lowest BCUT2D eigenvalue weighted by Crippen LogP contribution is -2.55. The number of benzene rings is 3. The van der Waals surface area contributed by atoms with Gasteiger partial charge in [0.1, 0.15) is 17.9 Å². The van der Waals surface area contributed by atoms with Crippen molar-refractivity contribution in [2.75, 3.05) is 44.7 Å². The van der Waals surface area contributed by atoms with Crippen LogP contribution in [0.15, 0.2) is 55.1 Å². The number of hydrogen-bond donors (Lipinski definition) is 0. The fraction of sp³-hybridized carbons (Fsp3) is 0.333. The highest BCUT2D eigenvalue weighted by molar-refractivity contribution is 6.38. The number of nitrogens with zero attached hydrogens (tertiary/aromatic N) is 6. The number of anilines is 1. The summed E-state index contributed by atoms with van der Waals surface area (Å²) in [6, 6.07) is 14.8. The molecule has 1 aromatic heterocycles. The molecule has 44 heavy (non-hydrogen) atoms. The topological polar surface area (TPSA) is 85.6 Å². The Hall–Kier alpha value is -3.97. The number of rotatable bonds is 7. The maximum atomic E-state index is 16.8. The molecule has 0 bridgehead atoms. The molecular formula is C33H31Cl2FN6O2. The Morgan fingerprint density at radius 2 is 1.95 bits per heavy atom. The summed E-state index contributed by atoms with van der Waals surface area (Å²) in [6.07, 6.45) is 3.44. The highest BCUT2D eigenvalue weighted by Crippen LogP contribution is 2.43. The van der Waals surface area contributed by atoms with Gasteiger partial charge in [0.15, 0.2) is 5.82 Å². The van der Waals surface area contributed by atoms with E-state index < -0.39 is 11.9 Å². The molecule has 2 fully saturated rings. The van der Waals surface area contributed by atoms with Gasteiger partial charge in [-0.3, -0.25) is 4.79 Å². The van der Waals surface area contributed by atoms with Crippen LogP contribution in [0.2, 0.25) is 10.0 Å². The summed E-state index contributed by atoms with van der Waals surface area (Å²) in [4.78, 5) is 27.7. The molecule has 6 rings (SSSR count). The number of amides is 1. The van der Waals surface area contributed by atoms with Crippen LogP contribution in [-0.2, 0) is 4.79 Å². The molecule has 0 radical (unpaired) electrons. The van der Waals surface area contributed by atoms with Crippen molar-refractivity contribution in [3.8, 4) is 23.2 Å². The van der Waals surface area contributed by atoms with Crippen molar-refractivity contribution in [1.29, 1.82) is 5.26 Å². The van der Waals surface area contributed by atoms with Gasteiger partial charge in [-0.05, 0) is 55.6 Å². The van der Waals surface area contributed by atoms with Gasteiger partial charge in [0.05, 0.1) is 23.6 Å². The molecule has 2 saturated heterocycles. The maximum Gasteiger partial charge on any atom is 0.319 e. The summed E-state index contributed by atoms with van der Waals surface area (Å²) in [6.45, 7) is 6.00. The fourth-order valence-corrected chi connectivity index (χ4v) is 6.89. The lowest BCUT2D eigenvalue weighted by atomic mass is 9.96. The first kappa shape index (κ1) is 30.1. The van der Waals surface area contributed by atoms with E-state index >= 15 is 4.39 Å². The molecule has 4 aromatic rings. The Kier molecular flexibility index (Phi) is 8.59. The number of halogens is 3. The number of likely N-dealkylation sites (tertiary alicyclic amines) is 1. The fourth-order valence-electron chi connectivity index (χ4n) is 6.31. The van der Waals surface area contributed by atoms with E-state index in [0.29, 0.717) is 53.4 Å². The van der Waals surface area contributed by atoms with E-state index in [9.17, 15) is 10.1 Å². The average molecular weight is 634 g/mol. The highest BCUT2D eigenvalue weighted by Gasteiger charge is 2.32. The number of ether oxygens (including phenoxy) is 1. The maximum absolute atomic E-state index is 16.8. The summed E-state index contributed by atoms with van der Waals surface area (Å²) in [5.74, 6) is -0.420. The molecule has 0 N–H and O–H groups in total. The Bertz CT molecular complexity index is 1810. The number of piperazine rings is 1. The average Bonchev–Trinajstić information content (AvgIpc) is 3.44. The molecule has 11 heteroatoms. The second-order valence-corrected chi connectivity index (χ2v) is 12.0. The lowest BCUT2D eigenvalue weighted by Gasteiger charge is -2.41. The monoisotopic (exact) mass is 632 g/mol. The first-order valence-electron chi connectivity index (χ1n) is 14.6. The molecule has 0 aliphatic carbocycles. The number of nitriles is 1. The quantitative estimate of drug-likeness (QED) is 0.215. The molecule has 2 aliphatic rings. The third kappa shape index (κ3) is 5.54. The van der Waals surface area contributed by atoms with Crippen molar-refractivity contribution in [2.45, 2.75) is 31.3 Å². The number of likely N-dealkylation sites (N-methyl/N-ethyl adjacent to an activating group) is 1. The zero-order valence-electron chi connectivity index (χ0n) is 24.3. The third-order valence-electron chi connectivity index (χ3n) is 8.61. The van der Waals surface area contributed by atoms with E-state index in [1.165, 1.54) is 6.08 Å². The molecule has 2 atom stereocenters. The number of aromatic nitrogens is 2. The lowest BCUT2D eigenvalue weighted by molar-refractivity contribution is -0.128. The van der Waals surface area contributed by atoms with E-state index in [-0.39, 0.29) is 40.5 Å². The van der Waals surface area contributed by atoms with E-state index in [2.05, 4.69) is 29.6 Å². The standard InChI is InChI=1S/C33H31Cl2FN6O2/c1-3-27(43)42-16-15-41(18-21(42)12-13-37)32-24-17-26(35)29(23-10-4-7-20-8-5-11-25(34)28(20)23)30(36)31(24)38-33(39-32)44-19-22-9-6-14-40(22)2/h3-5,7-8,10-11,17,21-22H,1,6,9,12,14-16,18-19H2,2H3/t21-,22-/m0/s1. The molecule has 0 spiro atoms. The normalized spacial score (nSPS) is 19.0. The van der Waals surface area contributed by atoms with Crippen LogP contribution >= 0.6 is 23.2 Å². The molecule has 3 heterocycles. The largest absolute Gasteiger partial charge is 0.462 e. The first-order chi connectivity index (χ1) is 21.3. The molecule has 0 saturated carbocycles. The Morgan fingerprint density at radius 3 is 2.68 bits per heavy atom. The molecule has 2 aliphatic heterocycles. The minimum atomic E-state index is -0.611. The molecule has 0 unspecified atom stereocenters. The van der Waals surface area contributed by atoms with Gasteiger partial charge in [0.25, 0.3) is 0 Å². The van der Waals surface area contributed by atoms with Crippen molar-refractivity contribution in [3.63, 3.8) is 0 Å². The van der Waals surface area contributed by atoms with Gasteiger partial charge in [-0.25, -0.2) is 4.39 Å². The van der Waals surface area contributed by atoms with Crippen LogP contribution in [-0.4, -0.2) is 77.6 Å². The Morgan fingerprint density at radius 1 is 1.16 bits per heavy atom. The summed E-state index contributed by atoms with van der Waals surface area (Å²) in [5.41, 5.74) is 0.806. The zero-order chi connectivity index (χ0) is 31.0. The van der Waals surface area contributed by atoms with Crippen LogP contribution < -0.4 is 9.64 Å². The van der Waals surface area contributed by atoms with Gasteiger partial charge in [0, 0.05) is 47.0 Å². The van der Waals surface area contributed by atoms with Gasteiger partial charge in [-0.2, -0.15) is 15.2 Å². The molecule has 3 aromatic carbocycles. The summed E-state index contributed by atoms with van der Waals surface area (Å²) in [7, 11) is 2.05. The SMILES string of the molecule is C=CC(=O)N1CCN(c2nc(OC[C@@H]3CCCN3C)nc3c(F)c(-c4cccc5cccc(Cl)c45)c(Cl)cc23)C[C@@H]1CC#N. The smallest absolute Gasteiger partial charge is 0.319 e. The number of carbonyl (C=O) groups is 1. The van der Waals surface area contributed by atoms with Gasteiger partial charge in [-0.15, -0.1) is 0 Å². The summed E-state index contributed by atoms with van der Waals surface area (Å²) >= 11 is 13.5. The minimum absolute atomic E-state index is 0.0531. The van der Waals surface area contributed by atoms with Crippen LogP contribution in [0.4, 0.5) is 10.2 Å². The van der Waals surface area contributed by atoms with Crippen molar-refractivity contribution >= 4 is 56.6 Å². The van der Waals surface area contributed by atoms with Crippen LogP contribution in [0.3, 0.4) is 0 Å². The van der Waals surface area contributed by atoms with Crippen LogP contribution in [0.5, 0.6) is 6.01 Å². The number of fused-ring (bicyclic) bond motifs is 2. The second-order valence-electron chi connectivity index (χ2n) is 11.2. The van der Waals surface area contributed by atoms with E-state index in [0.717, 1.165) is 24.8 Å². The molecule has 226 valence electrons. The predicted octanol–water partition coefficient (Wildman–Crippen LogP) is 6.49. The van der Waals surface area contributed by atoms with E-state index in [4.69, 9.17) is 32.9 Å². The van der Waals surface area contributed by atoms with Crippen LogP contribution in [0, 0.1) is 17.1 Å².